The molecule has 2 aromatic carbocycles. The maximum atomic E-state index is 12.2. The van der Waals surface area contributed by atoms with E-state index in [2.05, 4.69) is 0 Å². The molecular formula is C18H18O2S2. The molecule has 2 rings (SSSR count). The third-order valence-electron chi connectivity index (χ3n) is 3.27. The van der Waals surface area contributed by atoms with E-state index in [1.165, 1.54) is 23.5 Å². The van der Waals surface area contributed by atoms with Gasteiger partial charge in [0.1, 0.15) is 0 Å². The summed E-state index contributed by atoms with van der Waals surface area (Å²) in [5.74, 6) is 0. The zero-order valence-electron chi connectivity index (χ0n) is 12.6. The first-order chi connectivity index (χ1) is 10.6. The van der Waals surface area contributed by atoms with Crippen LogP contribution in [0.2, 0.25) is 0 Å². The average Bonchev–Trinajstić information content (AvgIpc) is 2.56. The van der Waals surface area contributed by atoms with Crippen molar-refractivity contribution in [2.24, 2.45) is 0 Å². The fourth-order valence-corrected chi connectivity index (χ4v) is 3.75. The summed E-state index contributed by atoms with van der Waals surface area (Å²) >= 11 is 2.57. The quantitative estimate of drug-likeness (QED) is 0.780. The van der Waals surface area contributed by atoms with Crippen LogP contribution in [-0.4, -0.2) is 20.7 Å². The van der Waals surface area contributed by atoms with Crippen LogP contribution >= 0.6 is 23.5 Å². The van der Waals surface area contributed by atoms with Crippen molar-refractivity contribution in [1.82, 2.24) is 0 Å². The number of hydrogen-bond acceptors (Lipinski definition) is 4. The van der Waals surface area contributed by atoms with Crippen molar-refractivity contribution in [2.75, 3.05) is 0 Å². The average molecular weight is 330 g/mol. The lowest BCUT2D eigenvalue weighted by Crippen LogP contribution is -2.17. The lowest BCUT2D eigenvalue weighted by atomic mass is 10.2. The molecule has 0 saturated carbocycles. The molecule has 0 aromatic heterocycles. The molecule has 0 aliphatic heterocycles. The molecule has 0 bridgehead atoms. The summed E-state index contributed by atoms with van der Waals surface area (Å²) in [6.45, 7) is 3.98. The van der Waals surface area contributed by atoms with Crippen LogP contribution in [0.25, 0.3) is 0 Å². The topological polar surface area (TPSA) is 34.1 Å². The first-order valence-corrected chi connectivity index (χ1v) is 8.86. The van der Waals surface area contributed by atoms with Gasteiger partial charge in [-0.05, 0) is 0 Å². The molecule has 2 nitrogen and oxygen atoms in total. The fourth-order valence-electron chi connectivity index (χ4n) is 1.81. The number of rotatable bonds is 5. The highest BCUT2D eigenvalue weighted by atomic mass is 32.2. The van der Waals surface area contributed by atoms with Crippen molar-refractivity contribution in [3.63, 3.8) is 0 Å². The summed E-state index contributed by atoms with van der Waals surface area (Å²) in [5, 5.41) is 0.219. The molecule has 0 N–H and O–H groups in total. The molecule has 0 spiro atoms. The predicted molar refractivity (Wildman–Crippen MR) is 95.7 cm³/mol. The Morgan fingerprint density at radius 3 is 1.32 bits per heavy atom. The molecule has 2 aromatic rings. The van der Waals surface area contributed by atoms with E-state index in [1.54, 1.807) is 0 Å². The first-order valence-electron chi connectivity index (χ1n) is 7.10. The van der Waals surface area contributed by atoms with Crippen LogP contribution in [0.3, 0.4) is 0 Å². The molecule has 0 heterocycles. The molecule has 0 fully saturated rings. The van der Waals surface area contributed by atoms with E-state index in [9.17, 15) is 9.59 Å². The van der Waals surface area contributed by atoms with Crippen molar-refractivity contribution in [1.29, 1.82) is 0 Å². The summed E-state index contributed by atoms with van der Waals surface area (Å²) in [4.78, 5) is 24.4. The second-order valence-electron chi connectivity index (χ2n) is 4.95. The normalized spacial score (nSPS) is 13.4. The number of thioether (sulfide) groups is 2. The second-order valence-corrected chi connectivity index (χ2v) is 7.65. The number of benzene rings is 2. The van der Waals surface area contributed by atoms with Gasteiger partial charge in [-0.1, -0.05) is 98.0 Å². The van der Waals surface area contributed by atoms with Crippen LogP contribution in [0.5, 0.6) is 0 Å². The van der Waals surface area contributed by atoms with Crippen molar-refractivity contribution < 1.29 is 9.59 Å². The van der Waals surface area contributed by atoms with Gasteiger partial charge in [0, 0.05) is 21.6 Å². The maximum Gasteiger partial charge on any atom is 0.219 e. The lowest BCUT2D eigenvalue weighted by molar-refractivity contribution is 0.107. The van der Waals surface area contributed by atoms with Gasteiger partial charge in [0.2, 0.25) is 10.2 Å². The Morgan fingerprint density at radius 2 is 1.00 bits per heavy atom. The zero-order valence-corrected chi connectivity index (χ0v) is 14.2. The highest BCUT2D eigenvalue weighted by Gasteiger charge is 2.21. The van der Waals surface area contributed by atoms with E-state index in [-0.39, 0.29) is 20.7 Å². The Bertz CT molecular complexity index is 569. The fraction of sp³-hybridized carbons (Fsp3) is 0.222. The van der Waals surface area contributed by atoms with Crippen LogP contribution in [0.4, 0.5) is 0 Å². The standard InChI is InChI=1S/C18H18O2S2/c1-13(21-17(19)15-9-5-3-6-10-15)14(2)22-18(20)16-11-7-4-8-12-16/h3-14H,1-2H3. The molecule has 0 aliphatic rings. The van der Waals surface area contributed by atoms with Gasteiger partial charge in [0.05, 0.1) is 0 Å². The van der Waals surface area contributed by atoms with Gasteiger partial charge < -0.3 is 0 Å². The molecular weight excluding hydrogens is 312 g/mol. The predicted octanol–water partition coefficient (Wildman–Crippen LogP) is 4.91. The highest BCUT2D eigenvalue weighted by molar-refractivity contribution is 8.18. The van der Waals surface area contributed by atoms with Crippen LogP contribution in [0, 0.1) is 0 Å². The van der Waals surface area contributed by atoms with Crippen LogP contribution in [0.15, 0.2) is 60.7 Å². The van der Waals surface area contributed by atoms with Gasteiger partial charge in [-0.2, -0.15) is 0 Å². The largest absolute Gasteiger partial charge is 0.282 e. The number of hydrogen-bond donors (Lipinski definition) is 0. The van der Waals surface area contributed by atoms with Crippen LogP contribution in [-0.2, 0) is 0 Å². The van der Waals surface area contributed by atoms with Gasteiger partial charge in [-0.25, -0.2) is 0 Å². The summed E-state index contributed by atoms with van der Waals surface area (Å²) in [7, 11) is 0. The highest BCUT2D eigenvalue weighted by Crippen LogP contribution is 2.29. The SMILES string of the molecule is CC(SC(=O)c1ccccc1)C(C)SC(=O)c1ccccc1. The third kappa shape index (κ3) is 4.75. The summed E-state index contributed by atoms with van der Waals surface area (Å²) in [5.41, 5.74) is 1.40. The Balaban J connectivity index is 1.91. The van der Waals surface area contributed by atoms with Crippen molar-refractivity contribution in [3.05, 3.63) is 71.8 Å². The van der Waals surface area contributed by atoms with E-state index in [4.69, 9.17) is 0 Å². The minimum absolute atomic E-state index is 0.0488. The Morgan fingerprint density at radius 1 is 0.682 bits per heavy atom. The van der Waals surface area contributed by atoms with Gasteiger partial charge >= 0.3 is 0 Å². The molecule has 2 unspecified atom stereocenters. The smallest absolute Gasteiger partial charge is 0.219 e. The van der Waals surface area contributed by atoms with Crippen molar-refractivity contribution in [3.8, 4) is 0 Å². The van der Waals surface area contributed by atoms with E-state index in [0.717, 1.165) is 0 Å². The Labute approximate surface area is 139 Å². The molecule has 2 atom stereocenters. The Hall–Kier alpha value is -1.52. The minimum Gasteiger partial charge on any atom is -0.282 e. The lowest BCUT2D eigenvalue weighted by Gasteiger charge is -2.17. The van der Waals surface area contributed by atoms with Crippen molar-refractivity contribution >= 4 is 33.8 Å². The number of carbonyl (C=O) groups is 2. The van der Waals surface area contributed by atoms with Gasteiger partial charge in [-0.3, -0.25) is 9.59 Å². The zero-order chi connectivity index (χ0) is 15.9. The molecule has 114 valence electrons. The number of carbonyl (C=O) groups excluding carboxylic acids is 2. The summed E-state index contributed by atoms with van der Waals surface area (Å²) in [6.07, 6.45) is 0. The van der Waals surface area contributed by atoms with Gasteiger partial charge in [0.15, 0.2) is 0 Å². The second kappa shape index (κ2) is 8.20. The maximum absolute atomic E-state index is 12.2. The molecule has 22 heavy (non-hydrogen) atoms. The van der Waals surface area contributed by atoms with E-state index in [0.29, 0.717) is 11.1 Å². The molecule has 0 saturated heterocycles. The van der Waals surface area contributed by atoms with E-state index >= 15 is 0 Å². The molecule has 4 heteroatoms. The third-order valence-corrected chi connectivity index (χ3v) is 5.90. The molecule has 0 amide bonds. The van der Waals surface area contributed by atoms with Crippen LogP contribution in [0.1, 0.15) is 34.6 Å². The first kappa shape index (κ1) is 16.8. The molecule has 0 radical (unpaired) electrons. The van der Waals surface area contributed by atoms with E-state index in [1.807, 2.05) is 74.5 Å². The summed E-state index contributed by atoms with van der Waals surface area (Å²) in [6, 6.07) is 18.5. The summed E-state index contributed by atoms with van der Waals surface area (Å²) < 4.78 is 0. The van der Waals surface area contributed by atoms with Crippen LogP contribution < -0.4 is 0 Å². The van der Waals surface area contributed by atoms with Gasteiger partial charge in [0.25, 0.3) is 0 Å². The Kier molecular flexibility index (Phi) is 6.28. The van der Waals surface area contributed by atoms with Crippen molar-refractivity contribution in [2.45, 2.75) is 24.3 Å². The van der Waals surface area contributed by atoms with E-state index < -0.39 is 0 Å². The van der Waals surface area contributed by atoms with Gasteiger partial charge in [-0.15, -0.1) is 0 Å². The monoisotopic (exact) mass is 330 g/mol. The minimum atomic E-state index is 0.0488. The molecule has 0 aliphatic carbocycles.